The topological polar surface area (TPSA) is 77.7 Å². The third kappa shape index (κ3) is 12.8. The maximum atomic E-state index is 11.6. The minimum absolute atomic E-state index is 0.0529. The lowest BCUT2D eigenvalue weighted by atomic mass is 10.0. The molecule has 186 valence electrons. The van der Waals surface area contributed by atoms with Crippen LogP contribution in [0.1, 0.15) is 117 Å². The van der Waals surface area contributed by atoms with E-state index in [2.05, 4.69) is 13.8 Å². The zero-order valence-corrected chi connectivity index (χ0v) is 20.5. The third-order valence-electron chi connectivity index (χ3n) is 6.37. The fourth-order valence-corrected chi connectivity index (χ4v) is 4.09. The normalized spacial score (nSPS) is 23.7. The van der Waals surface area contributed by atoms with Crippen LogP contribution in [0, 0.1) is 0 Å². The van der Waals surface area contributed by atoms with E-state index >= 15 is 0 Å². The van der Waals surface area contributed by atoms with E-state index in [0.717, 1.165) is 89.9 Å². The van der Waals surface area contributed by atoms with Crippen molar-refractivity contribution >= 4 is 11.9 Å². The monoisotopic (exact) mass is 454 g/mol. The highest BCUT2D eigenvalue weighted by molar-refractivity contribution is 5.69. The van der Waals surface area contributed by atoms with E-state index in [1.807, 2.05) is 0 Å². The van der Waals surface area contributed by atoms with Crippen molar-refractivity contribution < 1.29 is 28.5 Å². The molecule has 32 heavy (non-hydrogen) atoms. The Balaban J connectivity index is 1.33. The third-order valence-corrected chi connectivity index (χ3v) is 6.37. The summed E-state index contributed by atoms with van der Waals surface area (Å²) in [6, 6.07) is 0. The Morgan fingerprint density at radius 2 is 0.969 bits per heavy atom. The van der Waals surface area contributed by atoms with Crippen LogP contribution in [0.4, 0.5) is 0 Å². The lowest BCUT2D eigenvalue weighted by Gasteiger charge is -2.03. The first kappa shape index (κ1) is 27.1. The first-order valence-corrected chi connectivity index (χ1v) is 13.3. The molecule has 0 aromatic heterocycles. The van der Waals surface area contributed by atoms with Gasteiger partial charge in [0.2, 0.25) is 0 Å². The number of unbranched alkanes of at least 4 members (excludes halogenated alkanes) is 6. The molecule has 2 saturated heterocycles. The first-order chi connectivity index (χ1) is 15.6. The smallest absolute Gasteiger partial charge is 0.305 e. The summed E-state index contributed by atoms with van der Waals surface area (Å²) in [5, 5.41) is 0. The number of carbonyl (C=O) groups is 2. The second kappa shape index (κ2) is 16.5. The van der Waals surface area contributed by atoms with Gasteiger partial charge in [-0.1, -0.05) is 52.4 Å². The van der Waals surface area contributed by atoms with Crippen LogP contribution in [-0.4, -0.2) is 49.6 Å². The highest BCUT2D eigenvalue weighted by atomic mass is 16.6. The summed E-state index contributed by atoms with van der Waals surface area (Å²) in [5.74, 6) is -0.106. The van der Waals surface area contributed by atoms with E-state index in [9.17, 15) is 9.59 Å². The number of hydrogen-bond acceptors (Lipinski definition) is 6. The summed E-state index contributed by atoms with van der Waals surface area (Å²) < 4.78 is 22.0. The number of carbonyl (C=O) groups excluding carboxylic acids is 2. The van der Waals surface area contributed by atoms with Crippen LogP contribution in [0.3, 0.4) is 0 Å². The molecule has 4 atom stereocenters. The van der Waals surface area contributed by atoms with Gasteiger partial charge in [-0.25, -0.2) is 0 Å². The fourth-order valence-electron chi connectivity index (χ4n) is 4.09. The minimum atomic E-state index is -0.0529. The van der Waals surface area contributed by atoms with Crippen molar-refractivity contribution in [3.8, 4) is 0 Å². The van der Waals surface area contributed by atoms with Crippen molar-refractivity contribution in [2.45, 2.75) is 141 Å². The molecule has 2 fully saturated rings. The SMILES string of the molecule is CCCCOC(=O)CCCCCC1OC1CCC1OC1CCCCCC(=O)OCCCC. The number of ether oxygens (including phenoxy) is 4. The first-order valence-electron chi connectivity index (χ1n) is 13.3. The average Bonchev–Trinajstić information content (AvgIpc) is 3.69. The van der Waals surface area contributed by atoms with Gasteiger partial charge in [0.15, 0.2) is 0 Å². The molecule has 0 saturated carbocycles. The Morgan fingerprint density at radius 3 is 1.38 bits per heavy atom. The number of hydrogen-bond donors (Lipinski definition) is 0. The highest BCUT2D eigenvalue weighted by Crippen LogP contribution is 2.36. The van der Waals surface area contributed by atoms with Gasteiger partial charge < -0.3 is 18.9 Å². The minimum Gasteiger partial charge on any atom is -0.466 e. The van der Waals surface area contributed by atoms with Gasteiger partial charge in [0.1, 0.15) is 0 Å². The molecule has 0 radical (unpaired) electrons. The molecule has 4 unspecified atom stereocenters. The summed E-state index contributed by atoms with van der Waals surface area (Å²) >= 11 is 0. The number of rotatable bonds is 21. The molecule has 0 aliphatic carbocycles. The zero-order valence-electron chi connectivity index (χ0n) is 20.5. The highest BCUT2D eigenvalue weighted by Gasteiger charge is 2.42. The van der Waals surface area contributed by atoms with E-state index in [0.29, 0.717) is 50.5 Å². The van der Waals surface area contributed by atoms with Crippen molar-refractivity contribution in [2.24, 2.45) is 0 Å². The Kier molecular flexibility index (Phi) is 14.0. The molecule has 0 aromatic carbocycles. The summed E-state index contributed by atoms with van der Waals surface area (Å²) in [5.41, 5.74) is 0. The average molecular weight is 455 g/mol. The summed E-state index contributed by atoms with van der Waals surface area (Å²) in [7, 11) is 0. The second-order valence-corrected chi connectivity index (χ2v) is 9.35. The van der Waals surface area contributed by atoms with Crippen LogP contribution in [0.15, 0.2) is 0 Å². The molecule has 0 N–H and O–H groups in total. The summed E-state index contributed by atoms with van der Waals surface area (Å²) in [6.45, 7) is 5.32. The van der Waals surface area contributed by atoms with E-state index in [4.69, 9.17) is 18.9 Å². The molecule has 0 amide bonds. The van der Waals surface area contributed by atoms with Crippen molar-refractivity contribution in [3.63, 3.8) is 0 Å². The molecule has 2 heterocycles. The Bertz CT molecular complexity index is 476. The molecule has 6 heteroatoms. The lowest BCUT2D eigenvalue weighted by molar-refractivity contribution is -0.144. The molecule has 0 aromatic rings. The molecular formula is C26H46O6. The van der Waals surface area contributed by atoms with Gasteiger partial charge in [0.25, 0.3) is 0 Å². The van der Waals surface area contributed by atoms with Gasteiger partial charge in [0.05, 0.1) is 37.6 Å². The zero-order chi connectivity index (χ0) is 23.0. The van der Waals surface area contributed by atoms with Crippen LogP contribution in [0.2, 0.25) is 0 Å². The van der Waals surface area contributed by atoms with E-state index < -0.39 is 0 Å². The Morgan fingerprint density at radius 1 is 0.562 bits per heavy atom. The predicted molar refractivity (Wildman–Crippen MR) is 124 cm³/mol. The van der Waals surface area contributed by atoms with Crippen LogP contribution in [0.5, 0.6) is 0 Å². The van der Waals surface area contributed by atoms with Gasteiger partial charge in [-0.3, -0.25) is 9.59 Å². The number of esters is 2. The molecular weight excluding hydrogens is 408 g/mol. The number of epoxide rings is 2. The van der Waals surface area contributed by atoms with E-state index in [-0.39, 0.29) is 11.9 Å². The molecule has 0 bridgehead atoms. The van der Waals surface area contributed by atoms with Gasteiger partial charge in [-0.2, -0.15) is 0 Å². The Labute approximate surface area is 195 Å². The maximum Gasteiger partial charge on any atom is 0.305 e. The van der Waals surface area contributed by atoms with Gasteiger partial charge in [-0.15, -0.1) is 0 Å². The lowest BCUT2D eigenvalue weighted by Crippen LogP contribution is -2.05. The molecule has 2 aliphatic heterocycles. The molecule has 2 rings (SSSR count). The van der Waals surface area contributed by atoms with Crippen LogP contribution in [0.25, 0.3) is 0 Å². The Hall–Kier alpha value is -1.14. The largest absolute Gasteiger partial charge is 0.466 e. The van der Waals surface area contributed by atoms with Crippen LogP contribution >= 0.6 is 0 Å². The van der Waals surface area contributed by atoms with Gasteiger partial charge in [-0.05, 0) is 51.4 Å². The molecule has 6 nitrogen and oxygen atoms in total. The molecule has 0 spiro atoms. The van der Waals surface area contributed by atoms with E-state index in [1.165, 1.54) is 0 Å². The quantitative estimate of drug-likeness (QED) is 0.122. The summed E-state index contributed by atoms with van der Waals surface area (Å²) in [4.78, 5) is 23.1. The predicted octanol–water partition coefficient (Wildman–Crippen LogP) is 5.89. The van der Waals surface area contributed by atoms with Crippen LogP contribution in [-0.2, 0) is 28.5 Å². The van der Waals surface area contributed by atoms with Crippen molar-refractivity contribution in [1.82, 2.24) is 0 Å². The van der Waals surface area contributed by atoms with E-state index in [1.54, 1.807) is 0 Å². The van der Waals surface area contributed by atoms with Crippen LogP contribution < -0.4 is 0 Å². The summed E-state index contributed by atoms with van der Waals surface area (Å²) in [6.07, 6.45) is 17.4. The van der Waals surface area contributed by atoms with Crippen molar-refractivity contribution in [3.05, 3.63) is 0 Å². The molecule has 2 aliphatic rings. The standard InChI is InChI=1S/C26H46O6/c1-3-5-19-29-25(27)15-11-7-9-13-21-23(31-21)17-18-24-22(32-24)14-10-8-12-16-26(28)30-20-6-4-2/h21-24H,3-20H2,1-2H3. The van der Waals surface area contributed by atoms with Gasteiger partial charge >= 0.3 is 11.9 Å². The second-order valence-electron chi connectivity index (χ2n) is 9.35. The maximum absolute atomic E-state index is 11.6. The van der Waals surface area contributed by atoms with Gasteiger partial charge in [0, 0.05) is 12.8 Å². The van der Waals surface area contributed by atoms with Crippen molar-refractivity contribution in [1.29, 1.82) is 0 Å². The van der Waals surface area contributed by atoms with Crippen molar-refractivity contribution in [2.75, 3.05) is 13.2 Å². The fraction of sp³-hybridized carbons (Fsp3) is 0.923.